The minimum absolute atomic E-state index is 0.194. The van der Waals surface area contributed by atoms with Gasteiger partial charge in [-0.1, -0.05) is 48.5 Å². The highest BCUT2D eigenvalue weighted by atomic mass is 16.5. The van der Waals surface area contributed by atoms with Gasteiger partial charge in [0.25, 0.3) is 0 Å². The second-order valence-corrected chi connectivity index (χ2v) is 8.42. The summed E-state index contributed by atoms with van der Waals surface area (Å²) >= 11 is 0. The molecular weight excluding hydrogens is 484 g/mol. The second kappa shape index (κ2) is 14.2. The average molecular weight is 517 g/mol. The number of aryl methyl sites for hydroxylation is 1. The molecule has 0 saturated carbocycles. The molecule has 0 heterocycles. The number of carbonyl (C=O) groups is 4. The molecule has 0 aliphatic rings. The van der Waals surface area contributed by atoms with Gasteiger partial charge in [0.05, 0.1) is 13.2 Å². The topological polar surface area (TPSA) is 108 Å². The van der Waals surface area contributed by atoms with Crippen LogP contribution in [0.2, 0.25) is 0 Å². The third kappa shape index (κ3) is 8.48. The highest BCUT2D eigenvalue weighted by molar-refractivity contribution is 6.05. The number of amides is 4. The Bertz CT molecular complexity index is 1230. The molecule has 2 N–H and O–H groups in total. The summed E-state index contributed by atoms with van der Waals surface area (Å²) in [4.78, 5) is 53.0. The summed E-state index contributed by atoms with van der Waals surface area (Å²) in [6.45, 7) is 1.58. The molecule has 0 saturated heterocycles. The monoisotopic (exact) mass is 516 g/mol. The zero-order chi connectivity index (χ0) is 27.3. The molecule has 0 spiro atoms. The molecule has 0 bridgehead atoms. The fraction of sp³-hybridized carbons (Fsp3) is 0.241. The van der Waals surface area contributed by atoms with Crippen molar-refractivity contribution < 1.29 is 23.9 Å². The van der Waals surface area contributed by atoms with Crippen molar-refractivity contribution in [1.82, 2.24) is 5.32 Å². The van der Waals surface area contributed by atoms with Crippen molar-refractivity contribution in [3.63, 3.8) is 0 Å². The second-order valence-electron chi connectivity index (χ2n) is 8.42. The fourth-order valence-electron chi connectivity index (χ4n) is 3.68. The number of anilines is 3. The van der Waals surface area contributed by atoms with E-state index in [0.29, 0.717) is 30.1 Å². The van der Waals surface area contributed by atoms with Crippen LogP contribution in [0.1, 0.15) is 18.9 Å². The molecule has 0 radical (unpaired) electrons. The van der Waals surface area contributed by atoms with Crippen molar-refractivity contribution in [1.29, 1.82) is 0 Å². The van der Waals surface area contributed by atoms with Crippen LogP contribution in [0.5, 0.6) is 0 Å². The normalized spacial score (nSPS) is 10.3. The zero-order valence-corrected chi connectivity index (χ0v) is 21.6. The van der Waals surface area contributed by atoms with Crippen LogP contribution in [0.25, 0.3) is 0 Å². The van der Waals surface area contributed by atoms with Gasteiger partial charge in [-0.3, -0.25) is 14.4 Å². The summed E-state index contributed by atoms with van der Waals surface area (Å²) in [6, 6.07) is 24.5. The first kappa shape index (κ1) is 27.9. The first-order valence-corrected chi connectivity index (χ1v) is 12.3. The van der Waals surface area contributed by atoms with Crippen LogP contribution in [-0.2, 0) is 25.5 Å². The number of benzene rings is 3. The third-order valence-electron chi connectivity index (χ3n) is 5.69. The largest absolute Gasteiger partial charge is 0.466 e. The van der Waals surface area contributed by atoms with E-state index in [1.165, 1.54) is 9.80 Å². The molecule has 0 aliphatic heterocycles. The van der Waals surface area contributed by atoms with E-state index in [9.17, 15) is 19.2 Å². The van der Waals surface area contributed by atoms with Gasteiger partial charge in [-0.15, -0.1) is 0 Å². The standard InChI is InChI=1S/C29H32N4O5/c1-3-38-28(36)18-17-22-11-10-12-23(19-22)31-29(37)30-20-26(34)33(25-15-8-5-9-16-25)21-27(35)32(2)24-13-6-4-7-14-24/h4-16,19H,3,17-18,20-21H2,1-2H3,(H2,30,31,37). The van der Waals surface area contributed by atoms with E-state index < -0.39 is 11.9 Å². The lowest BCUT2D eigenvalue weighted by molar-refractivity contribution is -0.143. The summed E-state index contributed by atoms with van der Waals surface area (Å²) in [6.07, 6.45) is 0.720. The smallest absolute Gasteiger partial charge is 0.319 e. The maximum atomic E-state index is 13.1. The summed E-state index contributed by atoms with van der Waals surface area (Å²) in [5.41, 5.74) is 2.64. The Morgan fingerprint density at radius 3 is 2.13 bits per heavy atom. The molecular formula is C29H32N4O5. The third-order valence-corrected chi connectivity index (χ3v) is 5.69. The number of urea groups is 1. The highest BCUT2D eigenvalue weighted by Crippen LogP contribution is 2.17. The Balaban J connectivity index is 1.59. The van der Waals surface area contributed by atoms with E-state index >= 15 is 0 Å². The minimum Gasteiger partial charge on any atom is -0.466 e. The molecule has 3 rings (SSSR count). The quantitative estimate of drug-likeness (QED) is 0.375. The maximum Gasteiger partial charge on any atom is 0.319 e. The van der Waals surface area contributed by atoms with Crippen LogP contribution in [-0.4, -0.2) is 50.6 Å². The van der Waals surface area contributed by atoms with Crippen LogP contribution < -0.4 is 20.4 Å². The highest BCUT2D eigenvalue weighted by Gasteiger charge is 2.22. The number of carbonyl (C=O) groups excluding carboxylic acids is 4. The Labute approximate surface area is 222 Å². The fourth-order valence-corrected chi connectivity index (χ4v) is 3.68. The number of hydrogen-bond donors (Lipinski definition) is 2. The maximum absolute atomic E-state index is 13.1. The number of ether oxygens (including phenoxy) is 1. The van der Waals surface area contributed by atoms with Crippen LogP contribution in [0.4, 0.5) is 21.9 Å². The summed E-state index contributed by atoms with van der Waals surface area (Å²) in [7, 11) is 1.65. The van der Waals surface area contributed by atoms with E-state index in [1.807, 2.05) is 42.5 Å². The molecule has 0 aromatic heterocycles. The number of hydrogen-bond acceptors (Lipinski definition) is 5. The Morgan fingerprint density at radius 1 is 0.816 bits per heavy atom. The predicted octanol–water partition coefficient (Wildman–Crippen LogP) is 4.00. The summed E-state index contributed by atoms with van der Waals surface area (Å²) in [5, 5.41) is 5.26. The molecule has 0 aliphatic carbocycles. The van der Waals surface area contributed by atoms with Crippen molar-refractivity contribution in [3.05, 3.63) is 90.5 Å². The summed E-state index contributed by atoms with van der Waals surface area (Å²) in [5.74, 6) is -1.000. The van der Waals surface area contributed by atoms with E-state index in [-0.39, 0.29) is 31.4 Å². The van der Waals surface area contributed by atoms with Crippen LogP contribution >= 0.6 is 0 Å². The predicted molar refractivity (Wildman–Crippen MR) is 147 cm³/mol. The summed E-state index contributed by atoms with van der Waals surface area (Å²) < 4.78 is 4.95. The molecule has 0 unspecified atom stereocenters. The van der Waals surface area contributed by atoms with Gasteiger partial charge in [-0.25, -0.2) is 4.79 Å². The number of nitrogens with one attached hydrogen (secondary N) is 2. The first-order valence-electron chi connectivity index (χ1n) is 12.3. The van der Waals surface area contributed by atoms with Crippen LogP contribution in [0, 0.1) is 0 Å². The number of likely N-dealkylation sites (N-methyl/N-ethyl adjacent to an activating group) is 1. The number of esters is 1. The van der Waals surface area contributed by atoms with Gasteiger partial charge in [-0.05, 0) is 55.3 Å². The van der Waals surface area contributed by atoms with Crippen molar-refractivity contribution in [2.24, 2.45) is 0 Å². The SMILES string of the molecule is CCOC(=O)CCc1cccc(NC(=O)NCC(=O)N(CC(=O)N(C)c2ccccc2)c2ccccc2)c1. The van der Waals surface area contributed by atoms with Gasteiger partial charge in [0, 0.05) is 30.5 Å². The van der Waals surface area contributed by atoms with Gasteiger partial charge >= 0.3 is 12.0 Å². The van der Waals surface area contributed by atoms with Crippen LogP contribution in [0.3, 0.4) is 0 Å². The number of nitrogens with zero attached hydrogens (tertiary/aromatic N) is 2. The van der Waals surface area contributed by atoms with E-state index in [0.717, 1.165) is 5.56 Å². The zero-order valence-electron chi connectivity index (χ0n) is 21.6. The molecule has 0 fully saturated rings. The van der Waals surface area contributed by atoms with Crippen molar-refractivity contribution in [3.8, 4) is 0 Å². The number of rotatable bonds is 11. The van der Waals surface area contributed by atoms with E-state index in [4.69, 9.17) is 4.74 Å². The Kier molecular flexibility index (Phi) is 10.4. The number of para-hydroxylation sites is 2. The van der Waals surface area contributed by atoms with Gasteiger partial charge in [0.2, 0.25) is 11.8 Å². The van der Waals surface area contributed by atoms with E-state index in [2.05, 4.69) is 10.6 Å². The molecule has 9 nitrogen and oxygen atoms in total. The average Bonchev–Trinajstić information content (AvgIpc) is 2.94. The molecule has 0 atom stereocenters. The molecule has 9 heteroatoms. The molecule has 3 aromatic carbocycles. The van der Waals surface area contributed by atoms with Crippen molar-refractivity contribution in [2.45, 2.75) is 19.8 Å². The van der Waals surface area contributed by atoms with Gasteiger partial charge in [0.1, 0.15) is 6.54 Å². The molecule has 3 aromatic rings. The Morgan fingerprint density at radius 2 is 1.47 bits per heavy atom. The van der Waals surface area contributed by atoms with Gasteiger partial charge < -0.3 is 25.2 Å². The lowest BCUT2D eigenvalue weighted by Crippen LogP contribution is -2.46. The molecule has 38 heavy (non-hydrogen) atoms. The van der Waals surface area contributed by atoms with Crippen LogP contribution in [0.15, 0.2) is 84.9 Å². The Hall–Kier alpha value is -4.66. The van der Waals surface area contributed by atoms with Crippen molar-refractivity contribution >= 4 is 40.9 Å². The minimum atomic E-state index is -0.568. The lowest BCUT2D eigenvalue weighted by atomic mass is 10.1. The first-order chi connectivity index (χ1) is 18.4. The van der Waals surface area contributed by atoms with Crippen molar-refractivity contribution in [2.75, 3.05) is 41.9 Å². The molecule has 4 amide bonds. The van der Waals surface area contributed by atoms with Gasteiger partial charge in [0.15, 0.2) is 0 Å². The molecule has 198 valence electrons. The van der Waals surface area contributed by atoms with E-state index in [1.54, 1.807) is 56.4 Å². The van der Waals surface area contributed by atoms with Gasteiger partial charge in [-0.2, -0.15) is 0 Å². The lowest BCUT2D eigenvalue weighted by Gasteiger charge is -2.25.